The van der Waals surface area contributed by atoms with Crippen LogP contribution in [0.15, 0.2) is 42.5 Å². The Bertz CT molecular complexity index is 1160. The van der Waals surface area contributed by atoms with E-state index in [1.165, 1.54) is 7.11 Å². The SMILES string of the molecule is COC(=O)c1c(NC(=O)c2ccccc2C)sc(C(=O)Nc2cc(C)cc(C)c2)c1C. The summed E-state index contributed by atoms with van der Waals surface area (Å²) in [4.78, 5) is 38.5. The maximum Gasteiger partial charge on any atom is 0.341 e. The van der Waals surface area contributed by atoms with Crippen LogP contribution in [0, 0.1) is 27.7 Å². The summed E-state index contributed by atoms with van der Waals surface area (Å²) >= 11 is 1.05. The van der Waals surface area contributed by atoms with Crippen molar-refractivity contribution < 1.29 is 19.1 Å². The van der Waals surface area contributed by atoms with Gasteiger partial charge in [-0.2, -0.15) is 0 Å². The molecule has 1 aromatic heterocycles. The summed E-state index contributed by atoms with van der Waals surface area (Å²) in [6.45, 7) is 7.41. The van der Waals surface area contributed by atoms with Gasteiger partial charge in [-0.3, -0.25) is 9.59 Å². The minimum absolute atomic E-state index is 0.181. The number of hydrogen-bond donors (Lipinski definition) is 2. The number of nitrogens with one attached hydrogen (secondary N) is 2. The summed E-state index contributed by atoms with van der Waals surface area (Å²) in [5.74, 6) is -1.32. The van der Waals surface area contributed by atoms with Crippen LogP contribution in [0.5, 0.6) is 0 Å². The maximum absolute atomic E-state index is 13.0. The van der Waals surface area contributed by atoms with Crippen molar-refractivity contribution >= 4 is 39.8 Å². The number of carbonyl (C=O) groups excluding carboxylic acids is 3. The first kappa shape index (κ1) is 22.2. The molecule has 0 aliphatic rings. The van der Waals surface area contributed by atoms with Gasteiger partial charge in [0.15, 0.2) is 0 Å². The standard InChI is InChI=1S/C24H24N2O4S/c1-13-10-14(2)12-17(11-13)25-22(28)20-16(4)19(24(29)30-5)23(31-20)26-21(27)18-9-7-6-8-15(18)3/h6-12H,1-5H3,(H,25,28)(H,26,27). The Kier molecular flexibility index (Phi) is 6.56. The lowest BCUT2D eigenvalue weighted by atomic mass is 10.1. The molecule has 2 N–H and O–H groups in total. The molecule has 0 aliphatic carbocycles. The van der Waals surface area contributed by atoms with Gasteiger partial charge in [-0.25, -0.2) is 4.79 Å². The van der Waals surface area contributed by atoms with E-state index in [0.29, 0.717) is 21.7 Å². The Hall–Kier alpha value is -3.45. The van der Waals surface area contributed by atoms with Crippen molar-refractivity contribution in [3.05, 3.63) is 80.7 Å². The van der Waals surface area contributed by atoms with Crippen molar-refractivity contribution in [1.29, 1.82) is 0 Å². The molecule has 2 aromatic carbocycles. The molecule has 0 radical (unpaired) electrons. The van der Waals surface area contributed by atoms with E-state index < -0.39 is 5.97 Å². The number of thiophene rings is 1. The number of hydrogen-bond acceptors (Lipinski definition) is 5. The molecular weight excluding hydrogens is 412 g/mol. The average molecular weight is 437 g/mol. The summed E-state index contributed by atoms with van der Waals surface area (Å²) in [7, 11) is 1.27. The number of amides is 2. The quantitative estimate of drug-likeness (QED) is 0.534. The highest BCUT2D eigenvalue weighted by atomic mass is 32.1. The van der Waals surface area contributed by atoms with Gasteiger partial charge in [0.05, 0.1) is 17.6 Å². The molecule has 6 nitrogen and oxygen atoms in total. The van der Waals surface area contributed by atoms with Gasteiger partial charge in [0.2, 0.25) is 0 Å². The highest BCUT2D eigenvalue weighted by Gasteiger charge is 2.27. The van der Waals surface area contributed by atoms with Crippen LogP contribution in [0.25, 0.3) is 0 Å². The van der Waals surface area contributed by atoms with Crippen molar-refractivity contribution in [3.63, 3.8) is 0 Å². The highest BCUT2D eigenvalue weighted by molar-refractivity contribution is 7.19. The van der Waals surface area contributed by atoms with Gasteiger partial charge in [-0.05, 0) is 68.1 Å². The highest BCUT2D eigenvalue weighted by Crippen LogP contribution is 2.35. The lowest BCUT2D eigenvalue weighted by molar-refractivity contribution is 0.0601. The number of benzene rings is 2. The predicted octanol–water partition coefficient (Wildman–Crippen LogP) is 5.27. The van der Waals surface area contributed by atoms with Crippen LogP contribution >= 0.6 is 11.3 Å². The van der Waals surface area contributed by atoms with Crippen LogP contribution < -0.4 is 10.6 Å². The van der Waals surface area contributed by atoms with E-state index in [-0.39, 0.29) is 22.4 Å². The lowest BCUT2D eigenvalue weighted by Gasteiger charge is -2.08. The lowest BCUT2D eigenvalue weighted by Crippen LogP contribution is -2.15. The Morgan fingerprint density at radius 3 is 2.13 bits per heavy atom. The molecule has 0 bridgehead atoms. The molecule has 0 fully saturated rings. The largest absolute Gasteiger partial charge is 0.465 e. The van der Waals surface area contributed by atoms with Crippen molar-refractivity contribution in [2.45, 2.75) is 27.7 Å². The minimum atomic E-state index is -0.612. The molecule has 0 atom stereocenters. The smallest absolute Gasteiger partial charge is 0.341 e. The zero-order valence-electron chi connectivity index (χ0n) is 18.1. The van der Waals surface area contributed by atoms with E-state index >= 15 is 0 Å². The molecule has 3 aromatic rings. The van der Waals surface area contributed by atoms with Crippen molar-refractivity contribution in [1.82, 2.24) is 0 Å². The average Bonchev–Trinajstić information content (AvgIpc) is 3.02. The van der Waals surface area contributed by atoms with Crippen LogP contribution in [-0.2, 0) is 4.74 Å². The zero-order valence-corrected chi connectivity index (χ0v) is 18.9. The van der Waals surface area contributed by atoms with Gasteiger partial charge in [-0.1, -0.05) is 24.3 Å². The first-order chi connectivity index (χ1) is 14.7. The van der Waals surface area contributed by atoms with E-state index in [9.17, 15) is 14.4 Å². The first-order valence-electron chi connectivity index (χ1n) is 9.69. The minimum Gasteiger partial charge on any atom is -0.465 e. The van der Waals surface area contributed by atoms with Gasteiger partial charge < -0.3 is 15.4 Å². The normalized spacial score (nSPS) is 10.5. The fourth-order valence-corrected chi connectivity index (χ4v) is 4.48. The summed E-state index contributed by atoms with van der Waals surface area (Å²) in [6.07, 6.45) is 0. The van der Waals surface area contributed by atoms with Crippen molar-refractivity contribution in [2.24, 2.45) is 0 Å². The number of rotatable bonds is 5. The number of carbonyl (C=O) groups is 3. The second kappa shape index (κ2) is 9.14. The second-order valence-electron chi connectivity index (χ2n) is 7.35. The number of ether oxygens (including phenoxy) is 1. The Balaban J connectivity index is 1.96. The molecule has 0 spiro atoms. The topological polar surface area (TPSA) is 84.5 Å². The van der Waals surface area contributed by atoms with E-state index in [2.05, 4.69) is 10.6 Å². The molecule has 7 heteroatoms. The molecular formula is C24H24N2O4S. The third-order valence-electron chi connectivity index (χ3n) is 4.84. The van der Waals surface area contributed by atoms with Gasteiger partial charge in [0.1, 0.15) is 5.00 Å². The predicted molar refractivity (Wildman–Crippen MR) is 123 cm³/mol. The van der Waals surface area contributed by atoms with Crippen LogP contribution in [0.2, 0.25) is 0 Å². The van der Waals surface area contributed by atoms with Crippen LogP contribution in [0.4, 0.5) is 10.7 Å². The summed E-state index contributed by atoms with van der Waals surface area (Å²) in [5, 5.41) is 5.94. The molecule has 3 rings (SSSR count). The molecule has 0 aliphatic heterocycles. The zero-order chi connectivity index (χ0) is 22.7. The third kappa shape index (κ3) is 4.83. The molecule has 2 amide bonds. The monoisotopic (exact) mass is 436 g/mol. The molecule has 0 saturated carbocycles. The van der Waals surface area contributed by atoms with E-state index in [1.807, 2.05) is 51.1 Å². The van der Waals surface area contributed by atoms with E-state index in [0.717, 1.165) is 28.0 Å². The molecule has 0 saturated heterocycles. The summed E-state index contributed by atoms with van der Waals surface area (Å²) < 4.78 is 4.90. The fourth-order valence-electron chi connectivity index (χ4n) is 3.40. The summed E-state index contributed by atoms with van der Waals surface area (Å²) in [6, 6.07) is 12.9. The fraction of sp³-hybridized carbons (Fsp3) is 0.208. The Morgan fingerprint density at radius 2 is 1.52 bits per heavy atom. The van der Waals surface area contributed by atoms with Gasteiger partial charge >= 0.3 is 5.97 Å². The van der Waals surface area contributed by atoms with Crippen molar-refractivity contribution in [2.75, 3.05) is 17.7 Å². The Labute approximate surface area is 185 Å². The van der Waals surface area contributed by atoms with Crippen LogP contribution in [0.3, 0.4) is 0 Å². The van der Waals surface area contributed by atoms with Crippen LogP contribution in [-0.4, -0.2) is 24.9 Å². The summed E-state index contributed by atoms with van der Waals surface area (Å²) in [5.41, 5.74) is 4.66. The first-order valence-corrected chi connectivity index (χ1v) is 10.5. The molecule has 160 valence electrons. The number of aryl methyl sites for hydroxylation is 3. The molecule has 0 unspecified atom stereocenters. The van der Waals surface area contributed by atoms with Crippen LogP contribution in [0.1, 0.15) is 52.6 Å². The van der Waals surface area contributed by atoms with Gasteiger partial charge in [0.25, 0.3) is 11.8 Å². The van der Waals surface area contributed by atoms with Gasteiger partial charge in [-0.15, -0.1) is 11.3 Å². The van der Waals surface area contributed by atoms with Crippen molar-refractivity contribution in [3.8, 4) is 0 Å². The Morgan fingerprint density at radius 1 is 0.871 bits per heavy atom. The second-order valence-corrected chi connectivity index (χ2v) is 8.37. The van der Waals surface area contributed by atoms with Gasteiger partial charge in [0, 0.05) is 11.3 Å². The molecule has 31 heavy (non-hydrogen) atoms. The maximum atomic E-state index is 13.0. The van der Waals surface area contributed by atoms with E-state index in [4.69, 9.17) is 4.74 Å². The number of anilines is 2. The number of methoxy groups -OCH3 is 1. The number of esters is 1. The molecule has 1 heterocycles. The van der Waals surface area contributed by atoms with E-state index in [1.54, 1.807) is 19.1 Å². The third-order valence-corrected chi connectivity index (χ3v) is 6.04.